The Labute approximate surface area is 127 Å². The van der Waals surface area contributed by atoms with E-state index in [1.54, 1.807) is 0 Å². The number of H-pyrrole nitrogens is 1. The van der Waals surface area contributed by atoms with Gasteiger partial charge in [0.15, 0.2) is 5.69 Å². The summed E-state index contributed by atoms with van der Waals surface area (Å²) in [6, 6.07) is 15.3. The van der Waals surface area contributed by atoms with Crippen LogP contribution in [-0.2, 0) is 0 Å². The zero-order chi connectivity index (χ0) is 15.5. The van der Waals surface area contributed by atoms with E-state index in [1.165, 1.54) is 0 Å². The van der Waals surface area contributed by atoms with Gasteiger partial charge in [-0.1, -0.05) is 48.0 Å². The van der Waals surface area contributed by atoms with Crippen molar-refractivity contribution >= 4 is 11.4 Å². The third-order valence-corrected chi connectivity index (χ3v) is 3.35. The van der Waals surface area contributed by atoms with Crippen LogP contribution in [0.15, 0.2) is 68.1 Å². The summed E-state index contributed by atoms with van der Waals surface area (Å²) in [5.74, 6) is 0. The molecule has 5 heteroatoms. The van der Waals surface area contributed by atoms with Gasteiger partial charge in [0, 0.05) is 5.56 Å². The van der Waals surface area contributed by atoms with Gasteiger partial charge in [0.05, 0.1) is 5.69 Å². The van der Waals surface area contributed by atoms with Crippen molar-refractivity contribution in [2.75, 3.05) is 0 Å². The lowest BCUT2D eigenvalue weighted by Crippen LogP contribution is -1.90. The number of nitrogens with one attached hydrogen (secondary N) is 1. The first-order chi connectivity index (χ1) is 10.6. The van der Waals surface area contributed by atoms with E-state index in [9.17, 15) is 4.79 Å². The highest BCUT2D eigenvalue weighted by Crippen LogP contribution is 2.28. The van der Waals surface area contributed by atoms with Crippen LogP contribution in [0.3, 0.4) is 0 Å². The first-order valence-electron chi connectivity index (χ1n) is 6.91. The Morgan fingerprint density at radius 1 is 1.00 bits per heavy atom. The molecule has 0 aliphatic carbocycles. The average molecular weight is 293 g/mol. The van der Waals surface area contributed by atoms with Gasteiger partial charge >= 0.3 is 5.63 Å². The van der Waals surface area contributed by atoms with Crippen molar-refractivity contribution < 1.29 is 4.52 Å². The number of aromatic nitrogens is 1. The second-order valence-electron chi connectivity index (χ2n) is 5.07. The second kappa shape index (κ2) is 5.81. The molecule has 2 aromatic carbocycles. The van der Waals surface area contributed by atoms with E-state index in [0.717, 1.165) is 22.4 Å². The SMILES string of the molecule is Cc1ccc(N=Nc2c(-c3ccccc3)[nH]oc2=O)c(C)c1. The van der Waals surface area contributed by atoms with Crippen molar-refractivity contribution in [2.24, 2.45) is 10.2 Å². The summed E-state index contributed by atoms with van der Waals surface area (Å²) in [5.41, 5.74) is 3.87. The molecule has 0 fully saturated rings. The maximum atomic E-state index is 11.8. The van der Waals surface area contributed by atoms with E-state index >= 15 is 0 Å². The zero-order valence-electron chi connectivity index (χ0n) is 12.3. The first kappa shape index (κ1) is 14.0. The highest BCUT2D eigenvalue weighted by Gasteiger charge is 2.13. The van der Waals surface area contributed by atoms with E-state index in [4.69, 9.17) is 4.52 Å². The van der Waals surface area contributed by atoms with Gasteiger partial charge in [-0.15, -0.1) is 10.2 Å². The molecule has 1 N–H and O–H groups in total. The Balaban J connectivity index is 2.01. The molecule has 5 nitrogen and oxygen atoms in total. The van der Waals surface area contributed by atoms with E-state index in [0.29, 0.717) is 5.69 Å². The van der Waals surface area contributed by atoms with Crippen molar-refractivity contribution in [3.63, 3.8) is 0 Å². The molecule has 1 aromatic heterocycles. The number of nitrogens with zero attached hydrogens (tertiary/aromatic N) is 2. The first-order valence-corrected chi connectivity index (χ1v) is 6.91. The van der Waals surface area contributed by atoms with Crippen LogP contribution < -0.4 is 5.63 Å². The van der Waals surface area contributed by atoms with Crippen molar-refractivity contribution in [3.8, 4) is 11.3 Å². The molecule has 0 aliphatic heterocycles. The molecule has 0 spiro atoms. The number of hydrogen-bond donors (Lipinski definition) is 1. The normalized spacial score (nSPS) is 11.2. The van der Waals surface area contributed by atoms with Gasteiger partial charge in [-0.25, -0.2) is 9.95 Å². The summed E-state index contributed by atoms with van der Waals surface area (Å²) in [7, 11) is 0. The number of benzene rings is 2. The molecule has 0 saturated carbocycles. The Kier molecular flexibility index (Phi) is 3.70. The topological polar surface area (TPSA) is 70.7 Å². The van der Waals surface area contributed by atoms with Crippen LogP contribution in [0.2, 0.25) is 0 Å². The van der Waals surface area contributed by atoms with E-state index in [2.05, 4.69) is 15.4 Å². The molecule has 22 heavy (non-hydrogen) atoms. The number of hydrogen-bond acceptors (Lipinski definition) is 4. The molecule has 0 bridgehead atoms. The lowest BCUT2D eigenvalue weighted by atomic mass is 10.1. The quantitative estimate of drug-likeness (QED) is 0.713. The number of rotatable bonds is 3. The second-order valence-corrected chi connectivity index (χ2v) is 5.07. The highest BCUT2D eigenvalue weighted by molar-refractivity contribution is 5.70. The van der Waals surface area contributed by atoms with Gasteiger partial charge in [-0.3, -0.25) is 0 Å². The third-order valence-electron chi connectivity index (χ3n) is 3.35. The Hall–Kier alpha value is -2.95. The standard InChI is InChI=1S/C17H15N3O2/c1-11-8-9-14(12(2)10-11)18-19-16-15(20-22-17(16)21)13-6-4-3-5-7-13/h3-10,20H,1-2H3. The van der Waals surface area contributed by atoms with Gasteiger partial charge in [0.1, 0.15) is 5.69 Å². The summed E-state index contributed by atoms with van der Waals surface area (Å²) in [6.45, 7) is 3.97. The minimum absolute atomic E-state index is 0.172. The molecule has 110 valence electrons. The van der Waals surface area contributed by atoms with Crippen LogP contribution in [0.5, 0.6) is 0 Å². The van der Waals surface area contributed by atoms with Gasteiger partial charge in [0.2, 0.25) is 0 Å². The molecule has 0 aliphatic rings. The van der Waals surface area contributed by atoms with Crippen molar-refractivity contribution in [3.05, 3.63) is 70.1 Å². The summed E-state index contributed by atoms with van der Waals surface area (Å²) in [4.78, 5) is 11.8. The summed E-state index contributed by atoms with van der Waals surface area (Å²) >= 11 is 0. The lowest BCUT2D eigenvalue weighted by Gasteiger charge is -2.00. The number of aryl methyl sites for hydroxylation is 2. The Morgan fingerprint density at radius 3 is 2.50 bits per heavy atom. The monoisotopic (exact) mass is 293 g/mol. The molecule has 1 heterocycles. The van der Waals surface area contributed by atoms with Crippen LogP contribution in [0.25, 0.3) is 11.3 Å². The zero-order valence-corrected chi connectivity index (χ0v) is 12.3. The van der Waals surface area contributed by atoms with E-state index in [1.807, 2.05) is 62.4 Å². The van der Waals surface area contributed by atoms with E-state index < -0.39 is 5.63 Å². The van der Waals surface area contributed by atoms with Crippen LogP contribution in [-0.4, -0.2) is 5.16 Å². The summed E-state index contributed by atoms with van der Waals surface area (Å²) < 4.78 is 4.85. The fourth-order valence-corrected chi connectivity index (χ4v) is 2.21. The van der Waals surface area contributed by atoms with Crippen LogP contribution >= 0.6 is 0 Å². The molecule has 3 rings (SSSR count). The fraction of sp³-hybridized carbons (Fsp3) is 0.118. The number of azo groups is 1. The van der Waals surface area contributed by atoms with Gasteiger partial charge < -0.3 is 4.52 Å². The molecular weight excluding hydrogens is 278 g/mol. The molecule has 0 amide bonds. The van der Waals surface area contributed by atoms with Gasteiger partial charge in [-0.2, -0.15) is 0 Å². The minimum atomic E-state index is -0.535. The van der Waals surface area contributed by atoms with Crippen molar-refractivity contribution in [1.82, 2.24) is 5.16 Å². The average Bonchev–Trinajstić information content (AvgIpc) is 2.88. The third kappa shape index (κ3) is 2.74. The maximum Gasteiger partial charge on any atom is 0.385 e. The molecule has 0 radical (unpaired) electrons. The van der Waals surface area contributed by atoms with Crippen molar-refractivity contribution in [2.45, 2.75) is 13.8 Å². The van der Waals surface area contributed by atoms with Gasteiger partial charge in [0.25, 0.3) is 0 Å². The molecular formula is C17H15N3O2. The number of aromatic amines is 1. The molecule has 0 atom stereocenters. The molecule has 3 aromatic rings. The smallest absolute Gasteiger partial charge is 0.336 e. The van der Waals surface area contributed by atoms with Crippen molar-refractivity contribution in [1.29, 1.82) is 0 Å². The fourth-order valence-electron chi connectivity index (χ4n) is 2.21. The van der Waals surface area contributed by atoms with Crippen LogP contribution in [0, 0.1) is 13.8 Å². The Bertz CT molecular complexity index is 876. The van der Waals surface area contributed by atoms with Crippen LogP contribution in [0.1, 0.15) is 11.1 Å². The predicted molar refractivity (Wildman–Crippen MR) is 84.9 cm³/mol. The van der Waals surface area contributed by atoms with E-state index in [-0.39, 0.29) is 5.69 Å². The minimum Gasteiger partial charge on any atom is -0.336 e. The maximum absolute atomic E-state index is 11.8. The van der Waals surface area contributed by atoms with Crippen LogP contribution in [0.4, 0.5) is 11.4 Å². The highest BCUT2D eigenvalue weighted by atomic mass is 16.5. The predicted octanol–water partition coefficient (Wildman–Crippen LogP) is 4.67. The lowest BCUT2D eigenvalue weighted by molar-refractivity contribution is 0.394. The summed E-state index contributed by atoms with van der Waals surface area (Å²) in [5, 5.41) is 10.9. The molecule has 0 unspecified atom stereocenters. The van der Waals surface area contributed by atoms with Gasteiger partial charge in [-0.05, 0) is 25.5 Å². The Morgan fingerprint density at radius 2 is 1.77 bits per heavy atom. The summed E-state index contributed by atoms with van der Waals surface area (Å²) in [6.07, 6.45) is 0. The largest absolute Gasteiger partial charge is 0.385 e. The molecule has 0 saturated heterocycles.